The molecule has 28 heavy (non-hydrogen) atoms. The number of carbonyl (C=O) groups excluding carboxylic acids is 2. The van der Waals surface area contributed by atoms with Gasteiger partial charge in [-0.15, -0.1) is 0 Å². The minimum atomic E-state index is -3.58. The molecule has 0 N–H and O–H groups in total. The van der Waals surface area contributed by atoms with Gasteiger partial charge in [0.2, 0.25) is 10.0 Å². The highest BCUT2D eigenvalue weighted by Gasteiger charge is 2.30. The molecule has 1 aliphatic heterocycles. The fourth-order valence-corrected chi connectivity index (χ4v) is 4.27. The van der Waals surface area contributed by atoms with Crippen molar-refractivity contribution in [2.24, 2.45) is 0 Å². The number of hydrogen-bond acceptors (Lipinski definition) is 6. The Bertz CT molecular complexity index is 943. The van der Waals surface area contributed by atoms with E-state index in [2.05, 4.69) is 4.98 Å². The molecule has 1 fully saturated rings. The number of pyridine rings is 1. The topological polar surface area (TPSA) is 96.9 Å². The van der Waals surface area contributed by atoms with Crippen molar-refractivity contribution in [1.82, 2.24) is 14.2 Å². The van der Waals surface area contributed by atoms with Crippen LogP contribution in [-0.2, 0) is 19.6 Å². The Labute approximate surface area is 167 Å². The zero-order valence-electron chi connectivity index (χ0n) is 14.8. The Morgan fingerprint density at radius 1 is 1.04 bits per heavy atom. The van der Waals surface area contributed by atoms with Crippen molar-refractivity contribution in [1.29, 1.82) is 0 Å². The van der Waals surface area contributed by atoms with Crippen LogP contribution in [0.3, 0.4) is 0 Å². The predicted octanol–water partition coefficient (Wildman–Crippen LogP) is 1.42. The van der Waals surface area contributed by atoms with Crippen LogP contribution in [0.5, 0.6) is 0 Å². The van der Waals surface area contributed by atoms with Gasteiger partial charge >= 0.3 is 5.97 Å². The lowest BCUT2D eigenvalue weighted by atomic mass is 10.3. The highest BCUT2D eigenvalue weighted by Crippen LogP contribution is 2.17. The van der Waals surface area contributed by atoms with Gasteiger partial charge in [-0.3, -0.25) is 4.79 Å². The molecule has 1 aromatic carbocycles. The lowest BCUT2D eigenvalue weighted by Gasteiger charge is -2.33. The highest BCUT2D eigenvalue weighted by molar-refractivity contribution is 7.89. The van der Waals surface area contributed by atoms with Crippen LogP contribution in [0.2, 0.25) is 5.15 Å². The lowest BCUT2D eigenvalue weighted by molar-refractivity contribution is -0.135. The van der Waals surface area contributed by atoms with Crippen molar-refractivity contribution in [3.63, 3.8) is 0 Å². The van der Waals surface area contributed by atoms with Crippen LogP contribution in [-0.4, -0.2) is 67.3 Å². The molecule has 148 valence electrons. The van der Waals surface area contributed by atoms with Crippen molar-refractivity contribution in [3.8, 4) is 0 Å². The summed E-state index contributed by atoms with van der Waals surface area (Å²) in [7, 11) is -3.58. The molecule has 0 saturated carbocycles. The number of halogens is 1. The van der Waals surface area contributed by atoms with E-state index in [4.69, 9.17) is 16.3 Å². The summed E-state index contributed by atoms with van der Waals surface area (Å²) in [5.74, 6) is -1.06. The molecule has 0 spiro atoms. The second-order valence-corrected chi connectivity index (χ2v) is 8.37. The first kappa shape index (κ1) is 20.2. The molecular formula is C18H18ClN3O5S. The Morgan fingerprint density at radius 2 is 1.71 bits per heavy atom. The number of ether oxygens (including phenoxy) is 1. The number of esters is 1. The number of benzene rings is 1. The van der Waals surface area contributed by atoms with Gasteiger partial charge in [0, 0.05) is 32.4 Å². The quantitative estimate of drug-likeness (QED) is 0.533. The van der Waals surface area contributed by atoms with Crippen LogP contribution < -0.4 is 0 Å². The summed E-state index contributed by atoms with van der Waals surface area (Å²) in [6, 6.07) is 11.1. The van der Waals surface area contributed by atoms with E-state index in [-0.39, 0.29) is 47.7 Å². The molecule has 0 atom stereocenters. The summed E-state index contributed by atoms with van der Waals surface area (Å²) in [6.07, 6.45) is 1.27. The molecule has 2 aromatic rings. The van der Waals surface area contributed by atoms with E-state index >= 15 is 0 Å². The predicted molar refractivity (Wildman–Crippen MR) is 101 cm³/mol. The minimum Gasteiger partial charge on any atom is -0.452 e. The van der Waals surface area contributed by atoms with Gasteiger partial charge < -0.3 is 9.64 Å². The molecule has 0 aliphatic carbocycles. The van der Waals surface area contributed by atoms with E-state index in [1.165, 1.54) is 39.7 Å². The van der Waals surface area contributed by atoms with Gasteiger partial charge in [-0.25, -0.2) is 18.2 Å². The Hall–Kier alpha value is -2.49. The van der Waals surface area contributed by atoms with Gasteiger partial charge in [-0.2, -0.15) is 4.31 Å². The van der Waals surface area contributed by atoms with E-state index in [0.717, 1.165) is 0 Å². The van der Waals surface area contributed by atoms with Crippen LogP contribution >= 0.6 is 11.6 Å². The van der Waals surface area contributed by atoms with E-state index in [1.807, 2.05) is 0 Å². The highest BCUT2D eigenvalue weighted by atomic mass is 35.5. The van der Waals surface area contributed by atoms with E-state index < -0.39 is 22.6 Å². The Morgan fingerprint density at radius 3 is 2.32 bits per heavy atom. The van der Waals surface area contributed by atoms with Gasteiger partial charge in [-0.1, -0.05) is 29.8 Å². The normalized spacial score (nSPS) is 15.2. The summed E-state index contributed by atoms with van der Waals surface area (Å²) in [5.41, 5.74) is 0.191. The summed E-state index contributed by atoms with van der Waals surface area (Å²) in [6.45, 7) is 0.388. The fraction of sp³-hybridized carbons (Fsp3) is 0.278. The maximum atomic E-state index is 12.6. The number of sulfonamides is 1. The zero-order valence-corrected chi connectivity index (χ0v) is 16.4. The molecular weight excluding hydrogens is 406 g/mol. The van der Waals surface area contributed by atoms with Gasteiger partial charge in [0.05, 0.1) is 10.5 Å². The van der Waals surface area contributed by atoms with Gasteiger partial charge in [0.15, 0.2) is 6.61 Å². The third-order valence-electron chi connectivity index (χ3n) is 4.26. The van der Waals surface area contributed by atoms with Crippen molar-refractivity contribution in [3.05, 3.63) is 59.4 Å². The van der Waals surface area contributed by atoms with Crippen LogP contribution in [0, 0.1) is 0 Å². The van der Waals surface area contributed by atoms with Gasteiger partial charge in [0.25, 0.3) is 5.91 Å². The Kier molecular flexibility index (Phi) is 6.28. The number of rotatable bonds is 5. The maximum absolute atomic E-state index is 12.6. The van der Waals surface area contributed by atoms with Crippen LogP contribution in [0.25, 0.3) is 0 Å². The van der Waals surface area contributed by atoms with Crippen LogP contribution in [0.15, 0.2) is 53.6 Å². The maximum Gasteiger partial charge on any atom is 0.340 e. The molecule has 1 aliphatic rings. The SMILES string of the molecule is O=C(OCC(=O)N1CCN(S(=O)(=O)c2ccccc2)CC1)c1ccc(Cl)nc1. The standard InChI is InChI=1S/C18H18ClN3O5S/c19-16-7-6-14(12-20-16)18(24)27-13-17(23)21-8-10-22(11-9-21)28(25,26)15-4-2-1-3-5-15/h1-7,12H,8-11,13H2. The monoisotopic (exact) mass is 423 g/mol. The first-order chi connectivity index (χ1) is 13.4. The van der Waals surface area contributed by atoms with Crippen molar-refractivity contribution in [2.45, 2.75) is 4.90 Å². The number of carbonyl (C=O) groups is 2. The average molecular weight is 424 g/mol. The largest absolute Gasteiger partial charge is 0.452 e. The van der Waals surface area contributed by atoms with Crippen molar-refractivity contribution >= 4 is 33.5 Å². The third-order valence-corrected chi connectivity index (χ3v) is 6.40. The average Bonchev–Trinajstić information content (AvgIpc) is 2.73. The van der Waals surface area contributed by atoms with Crippen molar-refractivity contribution < 1.29 is 22.7 Å². The molecule has 1 saturated heterocycles. The molecule has 0 bridgehead atoms. The summed E-state index contributed by atoms with van der Waals surface area (Å²) in [4.78, 5) is 29.7. The first-order valence-corrected chi connectivity index (χ1v) is 10.3. The van der Waals surface area contributed by atoms with Crippen molar-refractivity contribution in [2.75, 3.05) is 32.8 Å². The van der Waals surface area contributed by atoms with E-state index in [1.54, 1.807) is 18.2 Å². The smallest absolute Gasteiger partial charge is 0.340 e. The lowest BCUT2D eigenvalue weighted by Crippen LogP contribution is -2.51. The molecule has 0 radical (unpaired) electrons. The van der Waals surface area contributed by atoms with E-state index in [0.29, 0.717) is 0 Å². The summed E-state index contributed by atoms with van der Waals surface area (Å²) in [5, 5.41) is 0.246. The second-order valence-electron chi connectivity index (χ2n) is 6.04. The summed E-state index contributed by atoms with van der Waals surface area (Å²) >= 11 is 5.66. The zero-order chi connectivity index (χ0) is 20.1. The third kappa shape index (κ3) is 4.67. The molecule has 3 rings (SSSR count). The van der Waals surface area contributed by atoms with Crippen LogP contribution in [0.1, 0.15) is 10.4 Å². The van der Waals surface area contributed by atoms with E-state index in [9.17, 15) is 18.0 Å². The molecule has 0 unspecified atom stereocenters. The van der Waals surface area contributed by atoms with Gasteiger partial charge in [-0.05, 0) is 24.3 Å². The Balaban J connectivity index is 1.51. The van der Waals surface area contributed by atoms with Crippen LogP contribution in [0.4, 0.5) is 0 Å². The number of nitrogens with zero attached hydrogens (tertiary/aromatic N) is 3. The number of piperazine rings is 1. The first-order valence-electron chi connectivity index (χ1n) is 8.49. The summed E-state index contributed by atoms with van der Waals surface area (Å²) < 4.78 is 31.5. The molecule has 1 aromatic heterocycles. The molecule has 8 nitrogen and oxygen atoms in total. The minimum absolute atomic E-state index is 0.179. The second kappa shape index (κ2) is 8.68. The number of aromatic nitrogens is 1. The van der Waals surface area contributed by atoms with Gasteiger partial charge in [0.1, 0.15) is 5.15 Å². The molecule has 1 amide bonds. The number of amides is 1. The number of hydrogen-bond donors (Lipinski definition) is 0. The molecule has 2 heterocycles. The fourth-order valence-electron chi connectivity index (χ4n) is 2.72. The molecule has 10 heteroatoms.